The van der Waals surface area contributed by atoms with Crippen LogP contribution in [0.1, 0.15) is 12.8 Å². The van der Waals surface area contributed by atoms with Crippen LogP contribution in [0.15, 0.2) is 6.07 Å². The molecule has 1 aromatic heterocycles. The number of halogens is 2. The average molecular weight is 262 g/mol. The lowest BCUT2D eigenvalue weighted by molar-refractivity contribution is 0.219. The number of nitrogens with two attached hydrogens (primary N) is 1. The SMILES string of the molecule is Nc1nc(NCC2(CO)CC2)c(Cl)cc1Cl. The number of aliphatic hydroxyl groups is 1. The summed E-state index contributed by atoms with van der Waals surface area (Å²) in [6, 6.07) is 1.56. The third-order valence-electron chi connectivity index (χ3n) is 2.88. The predicted octanol–water partition coefficient (Wildman–Crippen LogP) is 2.16. The molecule has 0 atom stereocenters. The smallest absolute Gasteiger partial charge is 0.147 e. The molecule has 0 aromatic carbocycles. The largest absolute Gasteiger partial charge is 0.396 e. The van der Waals surface area contributed by atoms with E-state index in [-0.39, 0.29) is 17.8 Å². The summed E-state index contributed by atoms with van der Waals surface area (Å²) in [6.45, 7) is 0.831. The van der Waals surface area contributed by atoms with Crippen LogP contribution in [0.4, 0.5) is 11.6 Å². The van der Waals surface area contributed by atoms with Crippen LogP contribution in [0.3, 0.4) is 0 Å². The number of nitrogens with zero attached hydrogens (tertiary/aromatic N) is 1. The van der Waals surface area contributed by atoms with Gasteiger partial charge in [0.25, 0.3) is 0 Å². The summed E-state index contributed by atoms with van der Waals surface area (Å²) in [5.74, 6) is 0.769. The van der Waals surface area contributed by atoms with Crippen molar-refractivity contribution in [3.63, 3.8) is 0 Å². The zero-order chi connectivity index (χ0) is 11.8. The highest BCUT2D eigenvalue weighted by atomic mass is 35.5. The summed E-state index contributed by atoms with van der Waals surface area (Å²) >= 11 is 11.7. The minimum absolute atomic E-state index is 0.000588. The van der Waals surface area contributed by atoms with Gasteiger partial charge in [0, 0.05) is 12.0 Å². The van der Waals surface area contributed by atoms with Crippen LogP contribution in [0.5, 0.6) is 0 Å². The van der Waals surface area contributed by atoms with Gasteiger partial charge in [-0.1, -0.05) is 23.2 Å². The van der Waals surface area contributed by atoms with Crippen molar-refractivity contribution in [1.29, 1.82) is 0 Å². The monoisotopic (exact) mass is 261 g/mol. The lowest BCUT2D eigenvalue weighted by Crippen LogP contribution is -2.19. The molecule has 88 valence electrons. The Labute approximate surface area is 104 Å². The Kier molecular flexibility index (Phi) is 3.15. The van der Waals surface area contributed by atoms with Crippen molar-refractivity contribution < 1.29 is 5.11 Å². The van der Waals surface area contributed by atoms with Gasteiger partial charge in [-0.2, -0.15) is 0 Å². The zero-order valence-corrected chi connectivity index (χ0v) is 10.1. The van der Waals surface area contributed by atoms with E-state index in [9.17, 15) is 0 Å². The van der Waals surface area contributed by atoms with Gasteiger partial charge in [-0.3, -0.25) is 0 Å². The summed E-state index contributed by atoms with van der Waals surface area (Å²) in [5, 5.41) is 13.0. The molecule has 1 aromatic rings. The van der Waals surface area contributed by atoms with Crippen molar-refractivity contribution in [3.05, 3.63) is 16.1 Å². The fourth-order valence-electron chi connectivity index (χ4n) is 1.44. The highest BCUT2D eigenvalue weighted by molar-refractivity contribution is 6.37. The van der Waals surface area contributed by atoms with Crippen molar-refractivity contribution in [1.82, 2.24) is 4.98 Å². The standard InChI is InChI=1S/C10H13Cl2N3O/c11-6-3-7(12)9(15-8(6)13)14-4-10(5-16)1-2-10/h3,16H,1-2,4-5H2,(H3,13,14,15). The first-order valence-electron chi connectivity index (χ1n) is 5.03. The van der Waals surface area contributed by atoms with Gasteiger partial charge in [-0.25, -0.2) is 4.98 Å². The average Bonchev–Trinajstić information content (AvgIpc) is 3.02. The van der Waals surface area contributed by atoms with Crippen LogP contribution in [0.25, 0.3) is 0 Å². The van der Waals surface area contributed by atoms with Crippen molar-refractivity contribution in [2.75, 3.05) is 24.2 Å². The molecule has 0 aliphatic heterocycles. The number of nitrogens with one attached hydrogen (secondary N) is 1. The van der Waals surface area contributed by atoms with Gasteiger partial charge in [0.05, 0.1) is 16.7 Å². The Bertz CT molecular complexity index is 407. The lowest BCUT2D eigenvalue weighted by Gasteiger charge is -2.14. The molecule has 0 unspecified atom stereocenters. The normalized spacial score (nSPS) is 17.2. The Morgan fingerprint density at radius 3 is 2.69 bits per heavy atom. The van der Waals surface area contributed by atoms with Gasteiger partial charge in [-0.15, -0.1) is 0 Å². The van der Waals surface area contributed by atoms with Crippen LogP contribution in [0, 0.1) is 5.41 Å². The molecule has 2 rings (SSSR count). The molecule has 0 saturated heterocycles. The van der Waals surface area contributed by atoms with E-state index < -0.39 is 0 Å². The molecule has 16 heavy (non-hydrogen) atoms. The molecular weight excluding hydrogens is 249 g/mol. The molecule has 6 heteroatoms. The van der Waals surface area contributed by atoms with E-state index in [1.807, 2.05) is 0 Å². The maximum Gasteiger partial charge on any atom is 0.147 e. The van der Waals surface area contributed by atoms with E-state index >= 15 is 0 Å². The number of aliphatic hydroxyl groups excluding tert-OH is 1. The van der Waals surface area contributed by atoms with Crippen molar-refractivity contribution in [3.8, 4) is 0 Å². The molecule has 1 aliphatic carbocycles. The van der Waals surface area contributed by atoms with Gasteiger partial charge < -0.3 is 16.2 Å². The van der Waals surface area contributed by atoms with E-state index in [0.29, 0.717) is 22.4 Å². The molecule has 0 bridgehead atoms. The number of aromatic nitrogens is 1. The summed E-state index contributed by atoms with van der Waals surface area (Å²) in [6.07, 6.45) is 2.05. The summed E-state index contributed by atoms with van der Waals surface area (Å²) in [4.78, 5) is 4.06. The highest BCUT2D eigenvalue weighted by Crippen LogP contribution is 2.45. The fourth-order valence-corrected chi connectivity index (χ4v) is 1.87. The summed E-state index contributed by atoms with van der Waals surface area (Å²) in [7, 11) is 0. The maximum absolute atomic E-state index is 9.16. The van der Waals surface area contributed by atoms with Crippen LogP contribution < -0.4 is 11.1 Å². The van der Waals surface area contributed by atoms with E-state index in [1.54, 1.807) is 6.07 Å². The van der Waals surface area contributed by atoms with Crippen molar-refractivity contribution in [2.24, 2.45) is 5.41 Å². The number of anilines is 2. The predicted molar refractivity (Wildman–Crippen MR) is 65.9 cm³/mol. The first-order chi connectivity index (χ1) is 7.56. The zero-order valence-electron chi connectivity index (χ0n) is 8.63. The summed E-state index contributed by atoms with van der Waals surface area (Å²) in [5.41, 5.74) is 5.59. The Morgan fingerprint density at radius 1 is 1.44 bits per heavy atom. The van der Waals surface area contributed by atoms with Gasteiger partial charge in [0.15, 0.2) is 0 Å². The van der Waals surface area contributed by atoms with E-state index in [4.69, 9.17) is 34.0 Å². The number of hydrogen-bond donors (Lipinski definition) is 3. The number of nitrogen functional groups attached to an aromatic ring is 1. The molecule has 1 fully saturated rings. The van der Waals surface area contributed by atoms with Crippen LogP contribution in [0.2, 0.25) is 10.0 Å². The van der Waals surface area contributed by atoms with Gasteiger partial charge >= 0.3 is 0 Å². The number of rotatable bonds is 4. The quantitative estimate of drug-likeness (QED) is 0.777. The first kappa shape index (κ1) is 11.8. The van der Waals surface area contributed by atoms with Crippen LogP contribution in [-0.4, -0.2) is 23.2 Å². The highest BCUT2D eigenvalue weighted by Gasteiger charge is 2.41. The molecule has 1 saturated carbocycles. The third kappa shape index (κ3) is 2.34. The Morgan fingerprint density at radius 2 is 2.12 bits per heavy atom. The molecule has 1 heterocycles. The number of pyridine rings is 1. The third-order valence-corrected chi connectivity index (χ3v) is 3.47. The van der Waals surface area contributed by atoms with Crippen LogP contribution in [-0.2, 0) is 0 Å². The second kappa shape index (κ2) is 4.28. The van der Waals surface area contributed by atoms with Gasteiger partial charge in [-0.05, 0) is 18.9 Å². The maximum atomic E-state index is 9.16. The van der Waals surface area contributed by atoms with Crippen molar-refractivity contribution in [2.45, 2.75) is 12.8 Å². The van der Waals surface area contributed by atoms with Gasteiger partial charge in [0.2, 0.25) is 0 Å². The molecule has 1 aliphatic rings. The minimum Gasteiger partial charge on any atom is -0.396 e. The van der Waals surface area contributed by atoms with Gasteiger partial charge in [0.1, 0.15) is 11.6 Å². The second-order valence-electron chi connectivity index (χ2n) is 4.20. The lowest BCUT2D eigenvalue weighted by atomic mass is 10.1. The van der Waals surface area contributed by atoms with E-state index in [1.165, 1.54) is 0 Å². The molecule has 4 nitrogen and oxygen atoms in total. The van der Waals surface area contributed by atoms with E-state index in [2.05, 4.69) is 10.3 Å². The van der Waals surface area contributed by atoms with E-state index in [0.717, 1.165) is 12.8 Å². The molecule has 4 N–H and O–H groups in total. The fraction of sp³-hybridized carbons (Fsp3) is 0.500. The Hall–Kier alpha value is -0.710. The van der Waals surface area contributed by atoms with Crippen LogP contribution >= 0.6 is 23.2 Å². The number of hydrogen-bond acceptors (Lipinski definition) is 4. The minimum atomic E-state index is -0.000588. The Balaban J connectivity index is 2.07. The molecule has 0 amide bonds. The molecule has 0 spiro atoms. The van der Waals surface area contributed by atoms with Crippen molar-refractivity contribution >= 4 is 34.8 Å². The summed E-state index contributed by atoms with van der Waals surface area (Å²) < 4.78 is 0. The topological polar surface area (TPSA) is 71.2 Å². The molecule has 0 radical (unpaired) electrons. The first-order valence-corrected chi connectivity index (χ1v) is 5.78. The second-order valence-corrected chi connectivity index (χ2v) is 5.01. The molecular formula is C10H13Cl2N3O.